The molecule has 0 aliphatic heterocycles. The Morgan fingerprint density at radius 3 is 2.67 bits per heavy atom. The van der Waals surface area contributed by atoms with E-state index in [4.69, 9.17) is 0 Å². The Labute approximate surface area is 140 Å². The molecule has 1 aliphatic rings. The number of urea groups is 1. The first kappa shape index (κ1) is 16.4. The molecule has 1 saturated carbocycles. The third kappa shape index (κ3) is 4.10. The lowest BCUT2D eigenvalue weighted by Crippen LogP contribution is -2.46. The van der Waals surface area contributed by atoms with Gasteiger partial charge < -0.3 is 10.6 Å². The van der Waals surface area contributed by atoms with Crippen LogP contribution >= 0.6 is 0 Å². The van der Waals surface area contributed by atoms with E-state index < -0.39 is 0 Å². The largest absolute Gasteiger partial charge is 0.334 e. The molecule has 2 atom stereocenters. The molecule has 2 amide bonds. The molecule has 2 N–H and O–H groups in total. The zero-order valence-electron chi connectivity index (χ0n) is 13.7. The molecule has 128 valence electrons. The van der Waals surface area contributed by atoms with Crippen LogP contribution in [0.1, 0.15) is 37.8 Å². The van der Waals surface area contributed by atoms with Gasteiger partial charge in [-0.2, -0.15) is 5.10 Å². The summed E-state index contributed by atoms with van der Waals surface area (Å²) in [5, 5.41) is 10.00. The Morgan fingerprint density at radius 2 is 2.08 bits per heavy atom. The van der Waals surface area contributed by atoms with E-state index in [1.165, 1.54) is 24.9 Å². The summed E-state index contributed by atoms with van der Waals surface area (Å²) in [5.41, 5.74) is 0.945. The molecule has 2 aromatic rings. The summed E-state index contributed by atoms with van der Waals surface area (Å²) in [6.45, 7) is 2.47. The molecule has 1 aromatic heterocycles. The van der Waals surface area contributed by atoms with E-state index in [2.05, 4.69) is 20.7 Å². The van der Waals surface area contributed by atoms with Gasteiger partial charge in [0.1, 0.15) is 18.5 Å². The predicted molar refractivity (Wildman–Crippen MR) is 87.6 cm³/mol. The number of carbonyl (C=O) groups excluding carboxylic acids is 1. The van der Waals surface area contributed by atoms with Gasteiger partial charge in [-0.15, -0.1) is 0 Å². The molecule has 2 unspecified atom stereocenters. The summed E-state index contributed by atoms with van der Waals surface area (Å²) in [4.78, 5) is 16.2. The van der Waals surface area contributed by atoms with Crippen LogP contribution in [0.4, 0.5) is 9.18 Å². The lowest BCUT2D eigenvalue weighted by atomic mass is 9.77. The highest BCUT2D eigenvalue weighted by atomic mass is 19.1. The quantitative estimate of drug-likeness (QED) is 0.855. The van der Waals surface area contributed by atoms with Crippen molar-refractivity contribution < 1.29 is 9.18 Å². The van der Waals surface area contributed by atoms with E-state index in [0.29, 0.717) is 12.5 Å². The standard InChI is InChI=1S/C17H22FN5O/c1-12(9-23-11-19-10-20-23)21-17(24)22-16(13-3-2-4-13)14-5-7-15(18)8-6-14/h5-8,10-13,16H,2-4,9H2,1H3,(H2,21,22,24). The van der Waals surface area contributed by atoms with Crippen molar-refractivity contribution in [2.45, 2.75) is 44.8 Å². The normalized spacial score (nSPS) is 16.9. The maximum absolute atomic E-state index is 13.1. The van der Waals surface area contributed by atoms with Gasteiger partial charge in [0.25, 0.3) is 0 Å². The summed E-state index contributed by atoms with van der Waals surface area (Å²) in [5.74, 6) is 0.142. The summed E-state index contributed by atoms with van der Waals surface area (Å²) >= 11 is 0. The maximum atomic E-state index is 13.1. The smallest absolute Gasteiger partial charge is 0.315 e. The molecule has 6 nitrogen and oxygen atoms in total. The zero-order valence-corrected chi connectivity index (χ0v) is 13.7. The summed E-state index contributed by atoms with van der Waals surface area (Å²) in [6.07, 6.45) is 6.42. The molecular formula is C17H22FN5O. The van der Waals surface area contributed by atoms with Crippen LogP contribution in [0, 0.1) is 11.7 Å². The number of hydrogen-bond acceptors (Lipinski definition) is 3. The number of rotatable bonds is 6. The molecular weight excluding hydrogens is 309 g/mol. The topological polar surface area (TPSA) is 71.8 Å². The van der Waals surface area contributed by atoms with E-state index in [1.54, 1.807) is 23.1 Å². The van der Waals surface area contributed by atoms with Gasteiger partial charge in [-0.25, -0.2) is 14.2 Å². The highest BCUT2D eigenvalue weighted by Gasteiger charge is 2.30. The van der Waals surface area contributed by atoms with E-state index in [-0.39, 0.29) is 23.9 Å². The molecule has 0 bridgehead atoms. The Balaban J connectivity index is 1.59. The average Bonchev–Trinajstić information content (AvgIpc) is 2.98. The van der Waals surface area contributed by atoms with Gasteiger partial charge in [0.2, 0.25) is 0 Å². The number of hydrogen-bond donors (Lipinski definition) is 2. The number of aromatic nitrogens is 3. The lowest BCUT2D eigenvalue weighted by molar-refractivity contribution is 0.205. The van der Waals surface area contributed by atoms with Gasteiger partial charge in [0.05, 0.1) is 12.6 Å². The fourth-order valence-electron chi connectivity index (χ4n) is 2.98. The van der Waals surface area contributed by atoms with Crippen LogP contribution < -0.4 is 10.6 Å². The van der Waals surface area contributed by atoms with Crippen molar-refractivity contribution in [3.8, 4) is 0 Å². The minimum atomic E-state index is -0.267. The molecule has 3 rings (SSSR count). The number of amides is 2. The maximum Gasteiger partial charge on any atom is 0.315 e. The Kier molecular flexibility index (Phi) is 5.08. The molecule has 7 heteroatoms. The van der Waals surface area contributed by atoms with Crippen LogP contribution in [0.25, 0.3) is 0 Å². The highest BCUT2D eigenvalue weighted by Crippen LogP contribution is 2.37. The van der Waals surface area contributed by atoms with Crippen molar-refractivity contribution in [3.05, 3.63) is 48.3 Å². The third-order valence-electron chi connectivity index (χ3n) is 4.44. The van der Waals surface area contributed by atoms with Crippen molar-refractivity contribution in [1.29, 1.82) is 0 Å². The fraction of sp³-hybridized carbons (Fsp3) is 0.471. The monoisotopic (exact) mass is 331 g/mol. The fourth-order valence-corrected chi connectivity index (χ4v) is 2.98. The summed E-state index contributed by atoms with van der Waals surface area (Å²) in [7, 11) is 0. The minimum absolute atomic E-state index is 0.0815. The zero-order chi connectivity index (χ0) is 16.9. The van der Waals surface area contributed by atoms with Gasteiger partial charge in [0, 0.05) is 6.04 Å². The number of nitrogens with zero attached hydrogens (tertiary/aromatic N) is 3. The van der Waals surface area contributed by atoms with Crippen molar-refractivity contribution in [1.82, 2.24) is 25.4 Å². The second kappa shape index (κ2) is 7.42. The molecule has 0 spiro atoms. The predicted octanol–water partition coefficient (Wildman–Crippen LogP) is 2.65. The van der Waals surface area contributed by atoms with Gasteiger partial charge in [0.15, 0.2) is 0 Å². The SMILES string of the molecule is CC(Cn1cncn1)NC(=O)NC(c1ccc(F)cc1)C1CCC1. The van der Waals surface area contributed by atoms with Crippen molar-refractivity contribution in [3.63, 3.8) is 0 Å². The van der Waals surface area contributed by atoms with Gasteiger partial charge >= 0.3 is 6.03 Å². The Morgan fingerprint density at radius 1 is 1.33 bits per heavy atom. The molecule has 0 saturated heterocycles. The van der Waals surface area contributed by atoms with Crippen LogP contribution in [0.5, 0.6) is 0 Å². The molecule has 1 aliphatic carbocycles. The molecule has 1 aromatic carbocycles. The first-order valence-electron chi connectivity index (χ1n) is 8.26. The molecule has 1 heterocycles. The Bertz CT molecular complexity index is 654. The van der Waals surface area contributed by atoms with Gasteiger partial charge in [-0.1, -0.05) is 18.6 Å². The second-order valence-corrected chi connectivity index (χ2v) is 6.36. The highest BCUT2D eigenvalue weighted by molar-refractivity contribution is 5.74. The molecule has 24 heavy (non-hydrogen) atoms. The van der Waals surface area contributed by atoms with E-state index in [9.17, 15) is 9.18 Å². The first-order valence-corrected chi connectivity index (χ1v) is 8.26. The Hall–Kier alpha value is -2.44. The molecule has 1 fully saturated rings. The minimum Gasteiger partial charge on any atom is -0.334 e. The van der Waals surface area contributed by atoms with Crippen LogP contribution in [-0.4, -0.2) is 26.8 Å². The lowest BCUT2D eigenvalue weighted by Gasteiger charge is -2.35. The number of nitrogens with one attached hydrogen (secondary N) is 2. The summed E-state index contributed by atoms with van der Waals surface area (Å²) < 4.78 is 14.8. The second-order valence-electron chi connectivity index (χ2n) is 6.36. The van der Waals surface area contributed by atoms with Crippen molar-refractivity contribution >= 4 is 6.03 Å². The van der Waals surface area contributed by atoms with Crippen LogP contribution in [0.15, 0.2) is 36.9 Å². The van der Waals surface area contributed by atoms with Gasteiger partial charge in [-0.05, 0) is 43.4 Å². The number of benzene rings is 1. The van der Waals surface area contributed by atoms with Crippen molar-refractivity contribution in [2.24, 2.45) is 5.92 Å². The number of carbonyl (C=O) groups is 1. The average molecular weight is 331 g/mol. The van der Waals surface area contributed by atoms with Crippen LogP contribution in [0.3, 0.4) is 0 Å². The van der Waals surface area contributed by atoms with Crippen molar-refractivity contribution in [2.75, 3.05) is 0 Å². The van der Waals surface area contributed by atoms with Crippen LogP contribution in [0.2, 0.25) is 0 Å². The third-order valence-corrected chi connectivity index (χ3v) is 4.44. The summed E-state index contributed by atoms with van der Waals surface area (Å²) in [6, 6.07) is 5.99. The molecule has 0 radical (unpaired) electrons. The van der Waals surface area contributed by atoms with Gasteiger partial charge in [-0.3, -0.25) is 4.68 Å². The van der Waals surface area contributed by atoms with E-state index in [0.717, 1.165) is 18.4 Å². The number of halogens is 1. The first-order chi connectivity index (χ1) is 11.6. The van der Waals surface area contributed by atoms with E-state index in [1.807, 2.05) is 6.92 Å². The van der Waals surface area contributed by atoms with Crippen LogP contribution in [-0.2, 0) is 6.54 Å². The van der Waals surface area contributed by atoms with E-state index >= 15 is 0 Å².